The highest BCUT2D eigenvalue weighted by atomic mass is 16.5. The molecule has 112 valence electrons. The maximum atomic E-state index is 11.6. The van der Waals surface area contributed by atoms with Crippen LogP contribution in [0.1, 0.15) is 32.8 Å². The number of amides is 2. The number of carbonyl (C=O) groups excluding carboxylic acids is 2. The van der Waals surface area contributed by atoms with E-state index in [0.717, 1.165) is 5.56 Å². The zero-order valence-electron chi connectivity index (χ0n) is 12.1. The van der Waals surface area contributed by atoms with Gasteiger partial charge in [-0.2, -0.15) is 0 Å². The molecule has 1 rings (SSSR count). The van der Waals surface area contributed by atoms with Crippen LogP contribution in [-0.4, -0.2) is 17.0 Å². The maximum absolute atomic E-state index is 11.6. The molecule has 0 radical (unpaired) electrons. The first-order chi connectivity index (χ1) is 9.56. The molecule has 1 aromatic rings. The van der Waals surface area contributed by atoms with Gasteiger partial charge in [-0.05, 0) is 17.7 Å². The van der Waals surface area contributed by atoms with Gasteiger partial charge in [0.15, 0.2) is 0 Å². The van der Waals surface area contributed by atoms with Crippen molar-refractivity contribution in [3.63, 3.8) is 0 Å². The topological polar surface area (TPSA) is 104 Å². The minimum atomic E-state index is -0.585. The third kappa shape index (κ3) is 6.31. The maximum Gasteiger partial charge on any atom is 0.246 e. The number of nitrogens with two attached hydrogens (primary N) is 1. The van der Waals surface area contributed by atoms with Gasteiger partial charge >= 0.3 is 0 Å². The van der Waals surface area contributed by atoms with Crippen molar-refractivity contribution in [1.29, 1.82) is 0 Å². The lowest BCUT2D eigenvalue weighted by Crippen LogP contribution is -2.29. The number of hydroxylamine groups is 1. The Morgan fingerprint density at radius 1 is 1.25 bits per heavy atom. The zero-order valence-corrected chi connectivity index (χ0v) is 12.1. The molecule has 1 unspecified atom stereocenters. The third-order valence-electron chi connectivity index (χ3n) is 2.52. The van der Waals surface area contributed by atoms with Gasteiger partial charge in [0.2, 0.25) is 11.8 Å². The molecule has 1 aromatic carbocycles. The Morgan fingerprint density at radius 2 is 1.80 bits per heavy atom. The summed E-state index contributed by atoms with van der Waals surface area (Å²) in [6.07, 6.45) is 0.00499. The molecule has 0 aromatic heterocycles. The minimum absolute atomic E-state index is 0.00499. The molecule has 20 heavy (non-hydrogen) atoms. The summed E-state index contributed by atoms with van der Waals surface area (Å²) in [5, 5.41) is 11.1. The number of hydrogen-bond acceptors (Lipinski definition) is 4. The molecular weight excluding hydrogens is 258 g/mol. The quantitative estimate of drug-likeness (QED) is 0.486. The van der Waals surface area contributed by atoms with Crippen molar-refractivity contribution in [2.24, 2.45) is 11.7 Å². The van der Waals surface area contributed by atoms with Crippen LogP contribution in [0.4, 0.5) is 5.69 Å². The molecule has 5 N–H and O–H groups in total. The van der Waals surface area contributed by atoms with Crippen LogP contribution >= 0.6 is 0 Å². The largest absolute Gasteiger partial charge is 0.326 e. The van der Waals surface area contributed by atoms with Crippen molar-refractivity contribution in [1.82, 2.24) is 5.48 Å². The normalized spacial score (nSPS) is 10.8. The summed E-state index contributed by atoms with van der Waals surface area (Å²) in [5.74, 6) is -1.45. The molecule has 6 heteroatoms. The van der Waals surface area contributed by atoms with Gasteiger partial charge in [-0.25, -0.2) is 5.48 Å². The second kappa shape index (κ2) is 9.94. The number of rotatable bonds is 5. The minimum Gasteiger partial charge on any atom is -0.326 e. The molecule has 0 bridgehead atoms. The molecule has 0 aliphatic rings. The fourth-order valence-corrected chi connectivity index (χ4v) is 1.42. The summed E-state index contributed by atoms with van der Waals surface area (Å²) >= 11 is 0. The first-order valence-electron chi connectivity index (χ1n) is 6.59. The van der Waals surface area contributed by atoms with Gasteiger partial charge in [0.05, 0.1) is 0 Å². The molecule has 0 aliphatic heterocycles. The monoisotopic (exact) mass is 281 g/mol. The Hall–Kier alpha value is -1.92. The Labute approximate surface area is 119 Å². The van der Waals surface area contributed by atoms with E-state index >= 15 is 0 Å². The predicted octanol–water partition coefficient (Wildman–Crippen LogP) is 1.64. The molecule has 0 heterocycles. The van der Waals surface area contributed by atoms with Gasteiger partial charge in [0.25, 0.3) is 0 Å². The van der Waals surface area contributed by atoms with E-state index in [9.17, 15) is 9.59 Å². The summed E-state index contributed by atoms with van der Waals surface area (Å²) in [7, 11) is 0. The number of benzene rings is 1. The van der Waals surface area contributed by atoms with E-state index in [2.05, 4.69) is 5.32 Å². The lowest BCUT2D eigenvalue weighted by Gasteiger charge is -2.10. The van der Waals surface area contributed by atoms with E-state index in [1.807, 2.05) is 26.0 Å². The van der Waals surface area contributed by atoms with Crippen molar-refractivity contribution in [3.05, 3.63) is 29.8 Å². The number of anilines is 1. The molecule has 0 saturated heterocycles. The van der Waals surface area contributed by atoms with Gasteiger partial charge in [-0.1, -0.05) is 32.9 Å². The summed E-state index contributed by atoms with van der Waals surface area (Å²) in [4.78, 5) is 22.6. The van der Waals surface area contributed by atoms with Crippen LogP contribution in [0.2, 0.25) is 0 Å². The highest BCUT2D eigenvalue weighted by Crippen LogP contribution is 2.11. The number of nitrogens with one attached hydrogen (secondary N) is 2. The predicted molar refractivity (Wildman–Crippen MR) is 78.0 cm³/mol. The van der Waals surface area contributed by atoms with Crippen LogP contribution < -0.4 is 16.5 Å². The smallest absolute Gasteiger partial charge is 0.246 e. The van der Waals surface area contributed by atoms with Gasteiger partial charge in [0, 0.05) is 24.6 Å². The summed E-state index contributed by atoms with van der Waals surface area (Å²) < 4.78 is 0. The summed E-state index contributed by atoms with van der Waals surface area (Å²) in [6.45, 7) is 6.00. The zero-order chi connectivity index (χ0) is 15.5. The van der Waals surface area contributed by atoms with E-state index in [-0.39, 0.29) is 12.3 Å². The SMILES string of the molecule is CC.CC(CC(=O)Nc1ccc(CN)cc1)C(=O)NO. The second-order valence-corrected chi connectivity index (χ2v) is 4.03. The van der Waals surface area contributed by atoms with Crippen molar-refractivity contribution in [2.45, 2.75) is 33.7 Å². The Bertz CT molecular complexity index is 418. The first kappa shape index (κ1) is 18.1. The summed E-state index contributed by atoms with van der Waals surface area (Å²) in [5.41, 5.74) is 8.60. The van der Waals surface area contributed by atoms with E-state index in [1.165, 1.54) is 5.48 Å². The average Bonchev–Trinajstić information content (AvgIpc) is 2.49. The van der Waals surface area contributed by atoms with Crippen LogP contribution in [0.3, 0.4) is 0 Å². The number of carbonyl (C=O) groups is 2. The van der Waals surface area contributed by atoms with Gasteiger partial charge < -0.3 is 11.1 Å². The fraction of sp³-hybridized carbons (Fsp3) is 0.429. The average molecular weight is 281 g/mol. The van der Waals surface area contributed by atoms with Crippen LogP contribution in [0, 0.1) is 5.92 Å². The fourth-order valence-electron chi connectivity index (χ4n) is 1.42. The standard InChI is InChI=1S/C12H17N3O3.C2H6/c1-8(12(17)15-18)6-11(16)14-10-4-2-9(7-13)3-5-10;1-2/h2-5,8,18H,6-7,13H2,1H3,(H,14,16)(H,15,17);1-2H3. The molecule has 0 spiro atoms. The molecule has 0 saturated carbocycles. The van der Waals surface area contributed by atoms with Crippen LogP contribution in [0.25, 0.3) is 0 Å². The van der Waals surface area contributed by atoms with Crippen LogP contribution in [0.15, 0.2) is 24.3 Å². The molecule has 2 amide bonds. The Kier molecular flexibility index (Phi) is 8.98. The van der Waals surface area contributed by atoms with Crippen molar-refractivity contribution in [3.8, 4) is 0 Å². The van der Waals surface area contributed by atoms with Gasteiger partial charge in [0.1, 0.15) is 0 Å². The molecule has 1 atom stereocenters. The molecular formula is C14H23N3O3. The molecule has 0 aliphatic carbocycles. The van der Waals surface area contributed by atoms with Crippen molar-refractivity contribution in [2.75, 3.05) is 5.32 Å². The Morgan fingerprint density at radius 3 is 2.25 bits per heavy atom. The van der Waals surface area contributed by atoms with Crippen LogP contribution in [-0.2, 0) is 16.1 Å². The highest BCUT2D eigenvalue weighted by molar-refractivity contribution is 5.93. The number of hydrogen-bond donors (Lipinski definition) is 4. The second-order valence-electron chi connectivity index (χ2n) is 4.03. The molecule has 0 fully saturated rings. The lowest BCUT2D eigenvalue weighted by molar-refractivity contribution is -0.135. The van der Waals surface area contributed by atoms with E-state index in [0.29, 0.717) is 12.2 Å². The Balaban J connectivity index is 0.00000172. The first-order valence-corrected chi connectivity index (χ1v) is 6.59. The van der Waals surface area contributed by atoms with Gasteiger partial charge in [-0.3, -0.25) is 14.8 Å². The highest BCUT2D eigenvalue weighted by Gasteiger charge is 2.16. The third-order valence-corrected chi connectivity index (χ3v) is 2.52. The van der Waals surface area contributed by atoms with E-state index < -0.39 is 11.8 Å². The van der Waals surface area contributed by atoms with E-state index in [1.54, 1.807) is 19.1 Å². The van der Waals surface area contributed by atoms with E-state index in [4.69, 9.17) is 10.9 Å². The lowest BCUT2D eigenvalue weighted by atomic mass is 10.1. The van der Waals surface area contributed by atoms with Gasteiger partial charge in [-0.15, -0.1) is 0 Å². The van der Waals surface area contributed by atoms with Crippen molar-refractivity contribution < 1.29 is 14.8 Å². The summed E-state index contributed by atoms with van der Waals surface area (Å²) in [6, 6.07) is 7.13. The molecule has 6 nitrogen and oxygen atoms in total. The van der Waals surface area contributed by atoms with Crippen molar-refractivity contribution >= 4 is 17.5 Å². The van der Waals surface area contributed by atoms with Crippen LogP contribution in [0.5, 0.6) is 0 Å².